The summed E-state index contributed by atoms with van der Waals surface area (Å²) in [5.41, 5.74) is 0.653. The van der Waals surface area contributed by atoms with E-state index in [1.807, 2.05) is 9.80 Å². The lowest BCUT2D eigenvalue weighted by Crippen LogP contribution is -2.49. The topological polar surface area (TPSA) is 78.8 Å². The third-order valence-electron chi connectivity index (χ3n) is 3.77. The molecule has 3 rings (SSSR count). The number of piperazine rings is 1. The van der Waals surface area contributed by atoms with Gasteiger partial charge in [-0.25, -0.2) is 4.98 Å². The second-order valence-corrected chi connectivity index (χ2v) is 5.62. The molecule has 0 spiro atoms. The van der Waals surface area contributed by atoms with Crippen molar-refractivity contribution in [1.29, 1.82) is 0 Å². The Balaban J connectivity index is 0.00000109. The maximum Gasteiger partial charge on any atom is 0.253 e. The summed E-state index contributed by atoms with van der Waals surface area (Å²) in [5, 5.41) is 0.626. The molecule has 1 aromatic carbocycles. The molecular weight excluding hydrogens is 367 g/mol. The van der Waals surface area contributed by atoms with Gasteiger partial charge in [-0.05, 0) is 24.3 Å². The van der Waals surface area contributed by atoms with Crippen molar-refractivity contribution in [1.82, 2.24) is 14.9 Å². The van der Waals surface area contributed by atoms with E-state index in [1.165, 1.54) is 0 Å². The number of halogens is 2. The van der Waals surface area contributed by atoms with Crippen molar-refractivity contribution in [3.05, 3.63) is 47.1 Å². The minimum Gasteiger partial charge on any atom is -0.481 e. The summed E-state index contributed by atoms with van der Waals surface area (Å²) >= 11 is 9.50. The predicted octanol–water partition coefficient (Wildman–Crippen LogP) is 2.23. The molecule has 0 atom stereocenters. The molecule has 0 bridgehead atoms. The Morgan fingerprint density at radius 3 is 2.36 bits per heavy atom. The fourth-order valence-corrected chi connectivity index (χ4v) is 2.61. The fraction of sp³-hybridized carbons (Fsp3) is 0.312. The van der Waals surface area contributed by atoms with Crippen LogP contribution in [0.2, 0.25) is 5.02 Å². The first-order chi connectivity index (χ1) is 12.2. The van der Waals surface area contributed by atoms with Gasteiger partial charge in [0.05, 0.1) is 19.0 Å². The smallest absolute Gasteiger partial charge is 0.253 e. The Morgan fingerprint density at radius 1 is 1.12 bits per heavy atom. The molecule has 2 heterocycles. The van der Waals surface area contributed by atoms with Crippen molar-refractivity contribution in [3.8, 4) is 5.88 Å². The molecule has 25 heavy (non-hydrogen) atoms. The summed E-state index contributed by atoms with van der Waals surface area (Å²) in [6.45, 7) is 2.63. The molecule has 0 saturated carbocycles. The van der Waals surface area contributed by atoms with E-state index in [0.717, 1.165) is 0 Å². The van der Waals surface area contributed by atoms with Gasteiger partial charge >= 0.3 is 0 Å². The van der Waals surface area contributed by atoms with Crippen LogP contribution in [0.1, 0.15) is 10.4 Å². The van der Waals surface area contributed by atoms with E-state index in [-0.39, 0.29) is 5.91 Å². The molecule has 1 amide bonds. The zero-order chi connectivity index (χ0) is 18.2. The van der Waals surface area contributed by atoms with Crippen LogP contribution in [0, 0.1) is 0 Å². The molecule has 9 heteroatoms. The lowest BCUT2D eigenvalue weighted by atomic mass is 10.2. The summed E-state index contributed by atoms with van der Waals surface area (Å²) < 4.78 is 11.6. The van der Waals surface area contributed by atoms with Crippen LogP contribution in [-0.4, -0.2) is 58.7 Å². The molecule has 0 unspecified atom stereocenters. The van der Waals surface area contributed by atoms with Gasteiger partial charge in [0.25, 0.3) is 5.91 Å². The van der Waals surface area contributed by atoms with Gasteiger partial charge in [-0.2, -0.15) is 4.98 Å². The number of methoxy groups -OCH3 is 1. The van der Waals surface area contributed by atoms with E-state index in [9.17, 15) is 4.79 Å². The number of benzene rings is 1. The van der Waals surface area contributed by atoms with Crippen LogP contribution in [0.25, 0.3) is 0 Å². The van der Waals surface area contributed by atoms with Gasteiger partial charge in [-0.3, -0.25) is 9.45 Å². The average molecular weight is 385 g/mol. The minimum absolute atomic E-state index is 0.0212. The van der Waals surface area contributed by atoms with Crippen molar-refractivity contribution in [2.24, 2.45) is 0 Å². The fourth-order valence-electron chi connectivity index (χ4n) is 2.48. The monoisotopic (exact) mass is 384 g/mol. The number of amides is 1. The second-order valence-electron chi connectivity index (χ2n) is 5.19. The van der Waals surface area contributed by atoms with Gasteiger partial charge in [-0.1, -0.05) is 11.6 Å². The van der Waals surface area contributed by atoms with Gasteiger partial charge in [0, 0.05) is 49.0 Å². The van der Waals surface area contributed by atoms with E-state index in [2.05, 4.69) is 21.8 Å². The zero-order valence-corrected chi connectivity index (χ0v) is 15.1. The Bertz CT molecular complexity index is 692. The second kappa shape index (κ2) is 9.41. The highest BCUT2D eigenvalue weighted by Gasteiger charge is 2.23. The zero-order valence-electron chi connectivity index (χ0n) is 13.6. The SMILES string of the molecule is COc1ccnc(N2CCN(C(=O)c3ccc(Cl)cc3)CC2)n1.OCl. The number of hydrogen-bond donors (Lipinski definition) is 1. The van der Waals surface area contributed by atoms with Crippen molar-refractivity contribution in [2.75, 3.05) is 38.2 Å². The molecule has 1 aliphatic rings. The van der Waals surface area contributed by atoms with Gasteiger partial charge in [0.1, 0.15) is 0 Å². The molecule has 7 nitrogen and oxygen atoms in total. The highest BCUT2D eigenvalue weighted by molar-refractivity contribution is 6.30. The van der Waals surface area contributed by atoms with Crippen LogP contribution in [0.15, 0.2) is 36.5 Å². The Labute approximate surface area is 155 Å². The quantitative estimate of drug-likeness (QED) is 0.873. The van der Waals surface area contributed by atoms with Crippen molar-refractivity contribution in [2.45, 2.75) is 0 Å². The molecule has 1 fully saturated rings. The Hall–Kier alpha value is -2.09. The highest BCUT2D eigenvalue weighted by atomic mass is 35.5. The number of carbonyl (C=O) groups is 1. The number of aromatic nitrogens is 2. The van der Waals surface area contributed by atoms with E-state index in [0.29, 0.717) is 48.6 Å². The summed E-state index contributed by atoms with van der Waals surface area (Å²) in [5.74, 6) is 1.19. The molecule has 1 aliphatic heterocycles. The number of carbonyl (C=O) groups excluding carboxylic acids is 1. The van der Waals surface area contributed by atoms with E-state index in [1.54, 1.807) is 43.6 Å². The summed E-state index contributed by atoms with van der Waals surface area (Å²) in [4.78, 5) is 24.9. The highest BCUT2D eigenvalue weighted by Crippen LogP contribution is 2.16. The number of rotatable bonds is 3. The third-order valence-corrected chi connectivity index (χ3v) is 4.02. The maximum atomic E-state index is 12.5. The number of ether oxygens (including phenoxy) is 1. The molecule has 1 aromatic heterocycles. The van der Waals surface area contributed by atoms with E-state index < -0.39 is 0 Å². The van der Waals surface area contributed by atoms with E-state index >= 15 is 0 Å². The van der Waals surface area contributed by atoms with Crippen LogP contribution in [-0.2, 0) is 0 Å². The van der Waals surface area contributed by atoms with Crippen LogP contribution < -0.4 is 9.64 Å². The molecule has 1 saturated heterocycles. The lowest BCUT2D eigenvalue weighted by molar-refractivity contribution is 0.0746. The maximum absolute atomic E-state index is 12.5. The van der Waals surface area contributed by atoms with E-state index in [4.69, 9.17) is 21.0 Å². The number of nitrogens with zero attached hydrogens (tertiary/aromatic N) is 4. The Morgan fingerprint density at radius 2 is 1.76 bits per heavy atom. The van der Waals surface area contributed by atoms with Gasteiger partial charge in [0.15, 0.2) is 0 Å². The lowest BCUT2D eigenvalue weighted by Gasteiger charge is -2.34. The first kappa shape index (κ1) is 19.2. The summed E-state index contributed by atoms with van der Waals surface area (Å²) in [7, 11) is 1.58. The third kappa shape index (κ3) is 4.94. The molecule has 0 aliphatic carbocycles. The predicted molar refractivity (Wildman–Crippen MR) is 96.2 cm³/mol. The largest absolute Gasteiger partial charge is 0.481 e. The standard InChI is InChI=1S/C16H17ClN4O2.ClHO/c1-23-14-6-7-18-16(19-14)21-10-8-20(9-11-21)15(22)12-2-4-13(17)5-3-12;1-2/h2-7H,8-11H2,1H3;2H. The molecule has 134 valence electrons. The number of hydrogen-bond acceptors (Lipinski definition) is 6. The van der Waals surface area contributed by atoms with Crippen molar-refractivity contribution < 1.29 is 14.2 Å². The molecule has 1 N–H and O–H groups in total. The summed E-state index contributed by atoms with van der Waals surface area (Å²) in [6, 6.07) is 8.68. The minimum atomic E-state index is 0.0212. The first-order valence-electron chi connectivity index (χ1n) is 7.51. The average Bonchev–Trinajstić information content (AvgIpc) is 2.70. The molecule has 0 radical (unpaired) electrons. The van der Waals surface area contributed by atoms with Crippen LogP contribution in [0.5, 0.6) is 5.88 Å². The van der Waals surface area contributed by atoms with Crippen molar-refractivity contribution in [3.63, 3.8) is 0 Å². The normalized spacial score (nSPS) is 13.8. The molecule has 2 aromatic rings. The summed E-state index contributed by atoms with van der Waals surface area (Å²) in [6.07, 6.45) is 1.67. The number of anilines is 1. The first-order valence-corrected chi connectivity index (χ1v) is 8.23. The van der Waals surface area contributed by atoms with Crippen LogP contribution in [0.3, 0.4) is 0 Å². The van der Waals surface area contributed by atoms with Crippen LogP contribution >= 0.6 is 23.5 Å². The van der Waals surface area contributed by atoms with Gasteiger partial charge in [0.2, 0.25) is 11.8 Å². The van der Waals surface area contributed by atoms with Crippen molar-refractivity contribution >= 4 is 35.3 Å². The Kier molecular flexibility index (Phi) is 7.24. The van der Waals surface area contributed by atoms with Crippen LogP contribution in [0.4, 0.5) is 5.95 Å². The van der Waals surface area contributed by atoms with Gasteiger partial charge < -0.3 is 14.5 Å². The van der Waals surface area contributed by atoms with Gasteiger partial charge in [-0.15, -0.1) is 0 Å². The molecular formula is C16H18Cl2N4O3.